The molecule has 2 rings (SSSR count). The predicted molar refractivity (Wildman–Crippen MR) is 92.6 cm³/mol. The molecule has 0 N–H and O–H groups in total. The summed E-state index contributed by atoms with van der Waals surface area (Å²) in [6, 6.07) is 15.3. The van der Waals surface area contributed by atoms with Crippen molar-refractivity contribution in [3.05, 3.63) is 64.7 Å². The van der Waals surface area contributed by atoms with Gasteiger partial charge in [-0.05, 0) is 48.9 Å². The second kappa shape index (κ2) is 7.32. The Morgan fingerprint density at radius 2 is 1.59 bits per heavy atom. The first-order valence-corrected chi connectivity index (χ1v) is 7.70. The molecule has 4 heteroatoms. The highest BCUT2D eigenvalue weighted by atomic mass is 35.5. The van der Waals surface area contributed by atoms with Gasteiger partial charge < -0.3 is 9.80 Å². The molecule has 0 spiro atoms. The van der Waals surface area contributed by atoms with Gasteiger partial charge in [-0.3, -0.25) is 4.79 Å². The largest absolute Gasteiger partial charge is 0.378 e. The minimum absolute atomic E-state index is 0.0239. The molecule has 0 aliphatic rings. The van der Waals surface area contributed by atoms with E-state index in [4.69, 9.17) is 11.6 Å². The SMILES string of the molecule is CCN(Cc1ccc(N(C)C)cc1)C(=O)c1ccc(Cl)cc1. The van der Waals surface area contributed by atoms with Crippen molar-refractivity contribution in [2.45, 2.75) is 13.5 Å². The molecular formula is C18H21ClN2O. The zero-order valence-corrected chi connectivity index (χ0v) is 14.0. The Hall–Kier alpha value is -2.00. The van der Waals surface area contributed by atoms with E-state index in [9.17, 15) is 4.79 Å². The second-order valence-corrected chi connectivity index (χ2v) is 5.82. The molecule has 2 aromatic carbocycles. The number of amides is 1. The summed E-state index contributed by atoms with van der Waals surface area (Å²) in [5, 5.41) is 0.638. The Labute approximate surface area is 137 Å². The van der Waals surface area contributed by atoms with Crippen LogP contribution in [0.5, 0.6) is 0 Å². The predicted octanol–water partition coefficient (Wildman–Crippen LogP) is 4.07. The van der Waals surface area contributed by atoms with Crippen molar-refractivity contribution in [1.82, 2.24) is 4.90 Å². The number of benzene rings is 2. The lowest BCUT2D eigenvalue weighted by atomic mass is 10.1. The summed E-state index contributed by atoms with van der Waals surface area (Å²) < 4.78 is 0. The van der Waals surface area contributed by atoms with Crippen LogP contribution in [0.2, 0.25) is 5.02 Å². The molecule has 0 aromatic heterocycles. The van der Waals surface area contributed by atoms with Crippen molar-refractivity contribution in [1.29, 1.82) is 0 Å². The van der Waals surface area contributed by atoms with Gasteiger partial charge in [0.15, 0.2) is 0 Å². The van der Waals surface area contributed by atoms with E-state index in [2.05, 4.69) is 29.2 Å². The minimum Gasteiger partial charge on any atom is -0.378 e. The first kappa shape index (κ1) is 16.4. The number of hydrogen-bond donors (Lipinski definition) is 0. The lowest BCUT2D eigenvalue weighted by molar-refractivity contribution is 0.0752. The molecule has 0 unspecified atom stereocenters. The summed E-state index contributed by atoms with van der Waals surface area (Å²) in [5.41, 5.74) is 2.93. The molecule has 0 aliphatic heterocycles. The third-order valence-electron chi connectivity index (χ3n) is 3.59. The average Bonchev–Trinajstić information content (AvgIpc) is 2.53. The van der Waals surface area contributed by atoms with E-state index < -0.39 is 0 Å². The highest BCUT2D eigenvalue weighted by molar-refractivity contribution is 6.30. The summed E-state index contributed by atoms with van der Waals surface area (Å²) in [6.07, 6.45) is 0. The number of carbonyl (C=O) groups excluding carboxylic acids is 1. The van der Waals surface area contributed by atoms with Crippen LogP contribution in [0.4, 0.5) is 5.69 Å². The highest BCUT2D eigenvalue weighted by Gasteiger charge is 2.14. The first-order chi connectivity index (χ1) is 10.5. The maximum absolute atomic E-state index is 12.5. The van der Waals surface area contributed by atoms with E-state index in [-0.39, 0.29) is 5.91 Å². The van der Waals surface area contributed by atoms with Gasteiger partial charge in [0.2, 0.25) is 0 Å². The van der Waals surface area contributed by atoms with Crippen LogP contribution in [-0.4, -0.2) is 31.4 Å². The van der Waals surface area contributed by atoms with Gasteiger partial charge in [-0.25, -0.2) is 0 Å². The van der Waals surface area contributed by atoms with E-state index in [0.29, 0.717) is 23.7 Å². The zero-order valence-electron chi connectivity index (χ0n) is 13.2. The smallest absolute Gasteiger partial charge is 0.254 e. The van der Waals surface area contributed by atoms with Gasteiger partial charge >= 0.3 is 0 Å². The molecule has 1 amide bonds. The Bertz CT molecular complexity index is 621. The van der Waals surface area contributed by atoms with Crippen molar-refractivity contribution < 1.29 is 4.79 Å². The summed E-state index contributed by atoms with van der Waals surface area (Å²) in [5.74, 6) is 0.0239. The van der Waals surface area contributed by atoms with Gasteiger partial charge in [0.1, 0.15) is 0 Å². The molecule has 2 aromatic rings. The number of carbonyl (C=O) groups is 1. The third kappa shape index (κ3) is 4.01. The van der Waals surface area contributed by atoms with Gasteiger partial charge in [-0.15, -0.1) is 0 Å². The average molecular weight is 317 g/mol. The first-order valence-electron chi connectivity index (χ1n) is 7.32. The van der Waals surface area contributed by atoms with Crippen LogP contribution < -0.4 is 4.90 Å². The molecule has 0 fully saturated rings. The van der Waals surface area contributed by atoms with Crippen molar-refractivity contribution >= 4 is 23.2 Å². The fourth-order valence-corrected chi connectivity index (χ4v) is 2.35. The summed E-state index contributed by atoms with van der Waals surface area (Å²) in [4.78, 5) is 16.4. The summed E-state index contributed by atoms with van der Waals surface area (Å²) >= 11 is 5.87. The van der Waals surface area contributed by atoms with E-state index in [0.717, 1.165) is 11.3 Å². The lowest BCUT2D eigenvalue weighted by Gasteiger charge is -2.21. The van der Waals surface area contributed by atoms with Crippen LogP contribution in [-0.2, 0) is 6.54 Å². The molecule has 0 saturated carbocycles. The number of halogens is 1. The second-order valence-electron chi connectivity index (χ2n) is 5.39. The number of hydrogen-bond acceptors (Lipinski definition) is 2. The molecule has 22 heavy (non-hydrogen) atoms. The number of anilines is 1. The van der Waals surface area contributed by atoms with Crippen molar-refractivity contribution in [3.63, 3.8) is 0 Å². The van der Waals surface area contributed by atoms with Crippen molar-refractivity contribution in [3.8, 4) is 0 Å². The summed E-state index contributed by atoms with van der Waals surface area (Å²) in [7, 11) is 4.02. The minimum atomic E-state index is 0.0239. The molecule has 3 nitrogen and oxygen atoms in total. The Morgan fingerprint density at radius 3 is 2.09 bits per heavy atom. The van der Waals surface area contributed by atoms with Crippen LogP contribution in [0.15, 0.2) is 48.5 Å². The molecule has 0 saturated heterocycles. The topological polar surface area (TPSA) is 23.6 Å². The molecule has 0 atom stereocenters. The fourth-order valence-electron chi connectivity index (χ4n) is 2.22. The molecule has 116 valence electrons. The number of rotatable bonds is 5. The molecule has 0 radical (unpaired) electrons. The normalized spacial score (nSPS) is 10.4. The number of nitrogens with zero attached hydrogens (tertiary/aromatic N) is 2. The van der Waals surface area contributed by atoms with Crippen LogP contribution in [0.1, 0.15) is 22.8 Å². The molecule has 0 aliphatic carbocycles. The molecule has 0 bridgehead atoms. The van der Waals surface area contributed by atoms with Gasteiger partial charge in [0.05, 0.1) is 0 Å². The van der Waals surface area contributed by atoms with Crippen LogP contribution >= 0.6 is 11.6 Å². The van der Waals surface area contributed by atoms with Gasteiger partial charge in [-0.1, -0.05) is 23.7 Å². The van der Waals surface area contributed by atoms with Crippen molar-refractivity contribution in [2.24, 2.45) is 0 Å². The quantitative estimate of drug-likeness (QED) is 0.830. The third-order valence-corrected chi connectivity index (χ3v) is 3.84. The van der Waals surface area contributed by atoms with E-state index >= 15 is 0 Å². The van der Waals surface area contributed by atoms with Crippen LogP contribution in [0.3, 0.4) is 0 Å². The Morgan fingerprint density at radius 1 is 1.00 bits per heavy atom. The van der Waals surface area contributed by atoms with E-state index in [1.807, 2.05) is 25.9 Å². The van der Waals surface area contributed by atoms with Gasteiger partial charge in [0, 0.05) is 43.5 Å². The van der Waals surface area contributed by atoms with Gasteiger partial charge in [0.25, 0.3) is 5.91 Å². The fraction of sp³-hybridized carbons (Fsp3) is 0.278. The lowest BCUT2D eigenvalue weighted by Crippen LogP contribution is -2.30. The Kier molecular flexibility index (Phi) is 5.45. The van der Waals surface area contributed by atoms with Crippen molar-refractivity contribution in [2.75, 3.05) is 25.5 Å². The zero-order chi connectivity index (χ0) is 16.1. The van der Waals surface area contributed by atoms with Crippen LogP contribution in [0, 0.1) is 0 Å². The molecular weight excluding hydrogens is 296 g/mol. The van der Waals surface area contributed by atoms with Crippen LogP contribution in [0.25, 0.3) is 0 Å². The molecule has 0 heterocycles. The highest BCUT2D eigenvalue weighted by Crippen LogP contribution is 2.16. The monoisotopic (exact) mass is 316 g/mol. The van der Waals surface area contributed by atoms with E-state index in [1.54, 1.807) is 24.3 Å². The maximum Gasteiger partial charge on any atom is 0.254 e. The van der Waals surface area contributed by atoms with Gasteiger partial charge in [-0.2, -0.15) is 0 Å². The maximum atomic E-state index is 12.5. The van der Waals surface area contributed by atoms with E-state index in [1.165, 1.54) is 0 Å². The Balaban J connectivity index is 2.11. The summed E-state index contributed by atoms with van der Waals surface area (Å²) in [6.45, 7) is 3.25. The standard InChI is InChI=1S/C18H21ClN2O/c1-4-21(18(22)15-7-9-16(19)10-8-15)13-14-5-11-17(12-6-14)20(2)3/h5-12H,4,13H2,1-3H3.